The molecule has 2 N–H and O–H groups in total. The lowest BCUT2D eigenvalue weighted by molar-refractivity contribution is 0.101. The highest BCUT2D eigenvalue weighted by Crippen LogP contribution is 2.13. The van der Waals surface area contributed by atoms with Crippen LogP contribution in [0.3, 0.4) is 0 Å². The van der Waals surface area contributed by atoms with Crippen LogP contribution < -0.4 is 10.1 Å². The quantitative estimate of drug-likeness (QED) is 0.737. The molecule has 0 radical (unpaired) electrons. The van der Waals surface area contributed by atoms with E-state index in [0.29, 0.717) is 12.1 Å². The van der Waals surface area contributed by atoms with E-state index < -0.39 is 10.0 Å². The molecule has 3 aromatic rings. The number of amides is 1. The zero-order valence-electron chi connectivity index (χ0n) is 12.9. The highest BCUT2D eigenvalue weighted by atomic mass is 32.2. The minimum atomic E-state index is -3.53. The van der Waals surface area contributed by atoms with E-state index in [1.807, 2.05) is 24.3 Å². The van der Waals surface area contributed by atoms with Gasteiger partial charge in [0.25, 0.3) is 5.91 Å². The summed E-state index contributed by atoms with van der Waals surface area (Å²) in [6.07, 6.45) is 1.52. The summed E-state index contributed by atoms with van der Waals surface area (Å²) in [4.78, 5) is 16.6. The normalized spacial score (nSPS) is 11.5. The van der Waals surface area contributed by atoms with E-state index >= 15 is 0 Å². The molecule has 0 aliphatic heterocycles. The van der Waals surface area contributed by atoms with E-state index in [1.165, 1.54) is 35.3 Å². The molecule has 0 spiro atoms. The molecule has 0 bridgehead atoms. The molecule has 2 aromatic carbocycles. The monoisotopic (exact) mass is 344 g/mol. The van der Waals surface area contributed by atoms with Crippen LogP contribution in [0.25, 0.3) is 11.0 Å². The highest BCUT2D eigenvalue weighted by Gasteiger charge is 2.14. The van der Waals surface area contributed by atoms with E-state index in [1.54, 1.807) is 6.92 Å². The van der Waals surface area contributed by atoms with E-state index in [4.69, 9.17) is 0 Å². The second-order valence-electron chi connectivity index (χ2n) is 5.07. The smallest absolute Gasteiger partial charge is 0.267 e. The Hall–Kier alpha value is -2.71. The zero-order chi connectivity index (χ0) is 17.2. The van der Waals surface area contributed by atoms with Gasteiger partial charge in [0.1, 0.15) is 6.33 Å². The van der Waals surface area contributed by atoms with Crippen molar-refractivity contribution in [3.05, 3.63) is 60.4 Å². The molecule has 0 aliphatic rings. The fourth-order valence-electron chi connectivity index (χ4n) is 2.28. The van der Waals surface area contributed by atoms with Gasteiger partial charge >= 0.3 is 0 Å². The molecule has 124 valence electrons. The number of hydrogen-bond acceptors (Lipinski definition) is 4. The number of fused-ring (bicyclic) bond motifs is 1. The number of imidazole rings is 1. The number of nitrogens with one attached hydrogen (secondary N) is 2. The number of rotatable bonds is 5. The Labute approximate surface area is 139 Å². The Kier molecular flexibility index (Phi) is 4.32. The third kappa shape index (κ3) is 3.15. The maximum absolute atomic E-state index is 12.3. The second-order valence-corrected chi connectivity index (χ2v) is 6.84. The zero-order valence-corrected chi connectivity index (χ0v) is 13.7. The van der Waals surface area contributed by atoms with Crippen LogP contribution in [0.15, 0.2) is 59.8 Å². The van der Waals surface area contributed by atoms with Crippen molar-refractivity contribution in [2.75, 3.05) is 12.0 Å². The van der Waals surface area contributed by atoms with Gasteiger partial charge in [0.15, 0.2) is 0 Å². The molecule has 0 aliphatic carbocycles. The van der Waals surface area contributed by atoms with Gasteiger partial charge in [-0.2, -0.15) is 0 Å². The Morgan fingerprint density at radius 1 is 1.12 bits per heavy atom. The van der Waals surface area contributed by atoms with Crippen LogP contribution in [-0.2, 0) is 10.0 Å². The summed E-state index contributed by atoms with van der Waals surface area (Å²) in [5.74, 6) is -0.356. The van der Waals surface area contributed by atoms with Gasteiger partial charge in [-0.3, -0.25) is 10.2 Å². The first-order valence-electron chi connectivity index (χ1n) is 7.34. The average molecular weight is 344 g/mol. The average Bonchev–Trinajstić information content (AvgIpc) is 2.98. The fourth-order valence-corrected chi connectivity index (χ4v) is 3.32. The molecule has 1 aromatic heterocycles. The second kappa shape index (κ2) is 6.42. The molecule has 8 heteroatoms. The van der Waals surface area contributed by atoms with Crippen LogP contribution in [0.4, 0.5) is 0 Å². The lowest BCUT2D eigenvalue weighted by Gasteiger charge is -2.08. The van der Waals surface area contributed by atoms with Crippen molar-refractivity contribution in [3.8, 4) is 0 Å². The molecule has 3 rings (SSSR count). The van der Waals surface area contributed by atoms with Crippen molar-refractivity contribution >= 4 is 27.0 Å². The number of para-hydroxylation sites is 2. The minimum absolute atomic E-state index is 0.119. The van der Waals surface area contributed by atoms with Gasteiger partial charge in [-0.1, -0.05) is 19.1 Å². The summed E-state index contributed by atoms with van der Waals surface area (Å²) in [5, 5.41) is 0. The molecule has 0 atom stereocenters. The van der Waals surface area contributed by atoms with Crippen LogP contribution in [-0.4, -0.2) is 30.5 Å². The summed E-state index contributed by atoms with van der Waals surface area (Å²) in [5.41, 5.74) is 4.61. The molecule has 0 saturated carbocycles. The summed E-state index contributed by atoms with van der Waals surface area (Å²) in [7, 11) is -3.53. The largest absolute Gasteiger partial charge is 0.270 e. The van der Waals surface area contributed by atoms with E-state index in [9.17, 15) is 13.2 Å². The van der Waals surface area contributed by atoms with Crippen molar-refractivity contribution in [1.82, 2.24) is 14.4 Å². The summed E-state index contributed by atoms with van der Waals surface area (Å²) >= 11 is 0. The summed E-state index contributed by atoms with van der Waals surface area (Å²) in [6.45, 7) is 2.01. The van der Waals surface area contributed by atoms with Crippen LogP contribution >= 0.6 is 0 Å². The van der Waals surface area contributed by atoms with Crippen LogP contribution in [0.1, 0.15) is 17.3 Å². The van der Waals surface area contributed by atoms with E-state index in [0.717, 1.165) is 11.0 Å². The lowest BCUT2D eigenvalue weighted by Crippen LogP contribution is -2.24. The minimum Gasteiger partial charge on any atom is -0.267 e. The number of carbonyl (C=O) groups is 1. The van der Waals surface area contributed by atoms with Gasteiger partial charge in [-0.05, 0) is 36.4 Å². The molecule has 1 amide bonds. The molecule has 1 heterocycles. The first kappa shape index (κ1) is 16.2. The third-order valence-corrected chi connectivity index (χ3v) is 5.00. The molecular weight excluding hydrogens is 328 g/mol. The number of benzene rings is 2. The topological polar surface area (TPSA) is 93.1 Å². The van der Waals surface area contributed by atoms with Gasteiger partial charge < -0.3 is 0 Å². The molecule has 24 heavy (non-hydrogen) atoms. The van der Waals surface area contributed by atoms with Gasteiger partial charge in [0.2, 0.25) is 10.0 Å². The molecule has 0 unspecified atom stereocenters. The van der Waals surface area contributed by atoms with Crippen molar-refractivity contribution in [2.24, 2.45) is 0 Å². The van der Waals surface area contributed by atoms with Crippen LogP contribution in [0.2, 0.25) is 0 Å². The standard InChI is InChI=1S/C16H16N4O3S/c1-2-18-24(22,23)13-9-7-12(8-10-13)16(21)19-20-11-17-14-5-3-4-6-15(14)20/h3-11,18H,2H2,1H3,(H,19,21). The fraction of sp³-hybridized carbons (Fsp3) is 0.125. The number of aromatic nitrogens is 2. The van der Waals surface area contributed by atoms with Gasteiger partial charge in [-0.15, -0.1) is 0 Å². The first-order valence-corrected chi connectivity index (χ1v) is 8.83. The van der Waals surface area contributed by atoms with E-state index in [-0.39, 0.29) is 10.8 Å². The van der Waals surface area contributed by atoms with Gasteiger partial charge in [0, 0.05) is 12.1 Å². The Morgan fingerprint density at radius 2 is 1.83 bits per heavy atom. The summed E-state index contributed by atoms with van der Waals surface area (Å²) < 4.78 is 27.7. The van der Waals surface area contributed by atoms with Gasteiger partial charge in [0.05, 0.1) is 15.9 Å². The molecule has 7 nitrogen and oxygen atoms in total. The Bertz CT molecular complexity index is 978. The van der Waals surface area contributed by atoms with Gasteiger partial charge in [-0.25, -0.2) is 22.8 Å². The number of nitrogens with zero attached hydrogens (tertiary/aromatic N) is 2. The third-order valence-electron chi connectivity index (χ3n) is 3.44. The predicted octanol–water partition coefficient (Wildman–Crippen LogP) is 1.72. The van der Waals surface area contributed by atoms with Crippen LogP contribution in [0.5, 0.6) is 0 Å². The first-order chi connectivity index (χ1) is 11.5. The van der Waals surface area contributed by atoms with E-state index in [2.05, 4.69) is 15.1 Å². The SMILES string of the molecule is CCNS(=O)(=O)c1ccc(C(=O)Nn2cnc3ccccc32)cc1. The lowest BCUT2D eigenvalue weighted by atomic mass is 10.2. The number of carbonyl (C=O) groups excluding carboxylic acids is 1. The Balaban J connectivity index is 1.81. The number of sulfonamides is 1. The maximum atomic E-state index is 12.3. The highest BCUT2D eigenvalue weighted by molar-refractivity contribution is 7.89. The van der Waals surface area contributed by atoms with Crippen molar-refractivity contribution in [1.29, 1.82) is 0 Å². The molecule has 0 saturated heterocycles. The van der Waals surface area contributed by atoms with Crippen molar-refractivity contribution in [2.45, 2.75) is 11.8 Å². The maximum Gasteiger partial charge on any atom is 0.270 e. The predicted molar refractivity (Wildman–Crippen MR) is 90.7 cm³/mol. The number of hydrogen-bond donors (Lipinski definition) is 2. The van der Waals surface area contributed by atoms with Crippen molar-refractivity contribution in [3.63, 3.8) is 0 Å². The van der Waals surface area contributed by atoms with Crippen molar-refractivity contribution < 1.29 is 13.2 Å². The Morgan fingerprint density at radius 3 is 2.54 bits per heavy atom. The molecule has 0 fully saturated rings. The summed E-state index contributed by atoms with van der Waals surface area (Å²) in [6, 6.07) is 13.2. The molecular formula is C16H16N4O3S. The van der Waals surface area contributed by atoms with Crippen LogP contribution in [0, 0.1) is 0 Å².